The number of para-hydroxylation sites is 1. The van der Waals surface area contributed by atoms with Gasteiger partial charge < -0.3 is 10.1 Å². The third-order valence-electron chi connectivity index (χ3n) is 1.63. The third kappa shape index (κ3) is 1.08. The first-order valence-electron chi connectivity index (χ1n) is 3.48. The molecule has 62 valence electrons. The lowest BCUT2D eigenvalue weighted by atomic mass is 10.3. The Hall–Kier alpha value is -1.03. The van der Waals surface area contributed by atoms with E-state index >= 15 is 0 Å². The highest BCUT2D eigenvalue weighted by molar-refractivity contribution is 9.10. The average molecular weight is 228 g/mol. The van der Waals surface area contributed by atoms with Crippen molar-refractivity contribution in [2.75, 3.05) is 5.32 Å². The lowest BCUT2D eigenvalue weighted by Gasteiger charge is -2.00. The molecule has 1 N–H and O–H groups in total. The molecule has 0 fully saturated rings. The van der Waals surface area contributed by atoms with Crippen LogP contribution in [0.5, 0.6) is 5.75 Å². The van der Waals surface area contributed by atoms with Crippen molar-refractivity contribution in [2.24, 2.45) is 0 Å². The van der Waals surface area contributed by atoms with Crippen molar-refractivity contribution in [3.8, 4) is 5.75 Å². The molecule has 1 aromatic carbocycles. The molecule has 0 saturated heterocycles. The molecule has 1 aliphatic heterocycles. The number of carbonyl (C=O) groups is 1. The van der Waals surface area contributed by atoms with E-state index in [4.69, 9.17) is 4.74 Å². The van der Waals surface area contributed by atoms with Crippen molar-refractivity contribution < 1.29 is 9.53 Å². The number of fused-ring (bicyclic) bond motifs is 1. The van der Waals surface area contributed by atoms with Gasteiger partial charge in [0.2, 0.25) is 6.23 Å². The maximum absolute atomic E-state index is 10.4. The lowest BCUT2D eigenvalue weighted by molar-refractivity contribution is -0.112. The van der Waals surface area contributed by atoms with Crippen LogP contribution in [0.25, 0.3) is 0 Å². The van der Waals surface area contributed by atoms with Gasteiger partial charge in [0.25, 0.3) is 0 Å². The molecular formula is C8H6BrNO2. The Balaban J connectivity index is 2.41. The highest BCUT2D eigenvalue weighted by Crippen LogP contribution is 2.37. The number of anilines is 1. The van der Waals surface area contributed by atoms with Crippen molar-refractivity contribution in [2.45, 2.75) is 6.23 Å². The number of rotatable bonds is 1. The summed E-state index contributed by atoms with van der Waals surface area (Å²) in [7, 11) is 0. The minimum absolute atomic E-state index is 0.543. The van der Waals surface area contributed by atoms with E-state index in [2.05, 4.69) is 21.2 Å². The number of hydrogen-bond donors (Lipinski definition) is 1. The quantitative estimate of drug-likeness (QED) is 0.744. The Labute approximate surface area is 77.8 Å². The molecule has 3 nitrogen and oxygen atoms in total. The predicted octanol–water partition coefficient (Wildman–Crippen LogP) is 1.78. The molecule has 1 aliphatic rings. The topological polar surface area (TPSA) is 38.3 Å². The molecule has 0 saturated carbocycles. The summed E-state index contributed by atoms with van der Waals surface area (Å²) in [6.45, 7) is 0. The van der Waals surface area contributed by atoms with E-state index in [1.807, 2.05) is 18.2 Å². The second-order valence-electron chi connectivity index (χ2n) is 2.44. The molecule has 0 aliphatic carbocycles. The Morgan fingerprint density at radius 1 is 1.58 bits per heavy atom. The summed E-state index contributed by atoms with van der Waals surface area (Å²) in [6.07, 6.45) is 0.186. The SMILES string of the molecule is O=CC1Nc2cccc(Br)c2O1. The second kappa shape index (κ2) is 2.79. The van der Waals surface area contributed by atoms with E-state index in [1.165, 1.54) is 0 Å². The van der Waals surface area contributed by atoms with E-state index in [0.717, 1.165) is 16.4 Å². The summed E-state index contributed by atoms with van der Waals surface area (Å²) in [5.74, 6) is 0.703. The molecular weight excluding hydrogens is 222 g/mol. The molecule has 0 bridgehead atoms. The van der Waals surface area contributed by atoms with E-state index < -0.39 is 6.23 Å². The van der Waals surface area contributed by atoms with Gasteiger partial charge in [0.1, 0.15) is 0 Å². The summed E-state index contributed by atoms with van der Waals surface area (Å²) in [4.78, 5) is 10.4. The molecule has 12 heavy (non-hydrogen) atoms. The van der Waals surface area contributed by atoms with Gasteiger partial charge >= 0.3 is 0 Å². The molecule has 0 spiro atoms. The summed E-state index contributed by atoms with van der Waals surface area (Å²) in [5, 5.41) is 2.90. The van der Waals surface area contributed by atoms with E-state index in [-0.39, 0.29) is 0 Å². The van der Waals surface area contributed by atoms with Crippen LogP contribution < -0.4 is 10.1 Å². The van der Waals surface area contributed by atoms with Gasteiger partial charge in [-0.2, -0.15) is 0 Å². The first kappa shape index (κ1) is 7.61. The Morgan fingerprint density at radius 3 is 3.08 bits per heavy atom. The monoisotopic (exact) mass is 227 g/mol. The van der Waals surface area contributed by atoms with Crippen LogP contribution in [-0.4, -0.2) is 12.5 Å². The predicted molar refractivity (Wildman–Crippen MR) is 48.2 cm³/mol. The van der Waals surface area contributed by atoms with Crippen LogP contribution >= 0.6 is 15.9 Å². The van der Waals surface area contributed by atoms with Crippen LogP contribution in [0.15, 0.2) is 22.7 Å². The molecule has 0 amide bonds. The molecule has 2 rings (SSSR count). The number of ether oxygens (including phenoxy) is 1. The van der Waals surface area contributed by atoms with Gasteiger partial charge in [-0.3, -0.25) is 4.79 Å². The van der Waals surface area contributed by atoms with Crippen LogP contribution in [0.2, 0.25) is 0 Å². The third-order valence-corrected chi connectivity index (χ3v) is 2.26. The highest BCUT2D eigenvalue weighted by atomic mass is 79.9. The molecule has 1 heterocycles. The first-order chi connectivity index (χ1) is 5.81. The lowest BCUT2D eigenvalue weighted by Crippen LogP contribution is -2.21. The van der Waals surface area contributed by atoms with Crippen molar-refractivity contribution in [3.05, 3.63) is 22.7 Å². The number of hydrogen-bond acceptors (Lipinski definition) is 3. The van der Waals surface area contributed by atoms with Crippen LogP contribution in [-0.2, 0) is 4.79 Å². The van der Waals surface area contributed by atoms with Gasteiger partial charge in [-0.25, -0.2) is 0 Å². The Bertz CT molecular complexity index is 327. The second-order valence-corrected chi connectivity index (χ2v) is 3.29. The molecule has 0 aromatic heterocycles. The average Bonchev–Trinajstić information content (AvgIpc) is 2.49. The van der Waals surface area contributed by atoms with E-state index in [0.29, 0.717) is 5.75 Å². The van der Waals surface area contributed by atoms with E-state index in [1.54, 1.807) is 0 Å². The zero-order valence-corrected chi connectivity index (χ0v) is 7.67. The smallest absolute Gasteiger partial charge is 0.226 e. The largest absolute Gasteiger partial charge is 0.460 e. The number of benzene rings is 1. The van der Waals surface area contributed by atoms with Crippen molar-refractivity contribution in [1.82, 2.24) is 0 Å². The number of aldehydes is 1. The summed E-state index contributed by atoms with van der Waals surface area (Å²) < 4.78 is 6.12. The Kier molecular flexibility index (Phi) is 1.77. The number of carbonyl (C=O) groups excluding carboxylic acids is 1. The van der Waals surface area contributed by atoms with Crippen molar-refractivity contribution in [1.29, 1.82) is 0 Å². The fraction of sp³-hybridized carbons (Fsp3) is 0.125. The molecule has 4 heteroatoms. The van der Waals surface area contributed by atoms with Crippen LogP contribution in [0.4, 0.5) is 5.69 Å². The summed E-state index contributed by atoms with van der Waals surface area (Å²) in [5.41, 5.74) is 0.849. The summed E-state index contributed by atoms with van der Waals surface area (Å²) in [6, 6.07) is 5.61. The van der Waals surface area contributed by atoms with Gasteiger partial charge in [0, 0.05) is 0 Å². The normalized spacial score (nSPS) is 19.2. The van der Waals surface area contributed by atoms with Crippen LogP contribution in [0.1, 0.15) is 0 Å². The number of halogens is 1. The Morgan fingerprint density at radius 2 is 2.42 bits per heavy atom. The van der Waals surface area contributed by atoms with Gasteiger partial charge in [-0.15, -0.1) is 0 Å². The standard InChI is InChI=1S/C8H6BrNO2/c9-5-2-1-3-6-8(5)12-7(4-11)10-6/h1-4,7,10H. The van der Waals surface area contributed by atoms with Gasteiger partial charge in [0.15, 0.2) is 12.0 Å². The van der Waals surface area contributed by atoms with Gasteiger partial charge in [-0.05, 0) is 28.1 Å². The highest BCUT2D eigenvalue weighted by Gasteiger charge is 2.22. The zero-order chi connectivity index (χ0) is 8.55. The number of nitrogens with one attached hydrogen (secondary N) is 1. The molecule has 1 aromatic rings. The zero-order valence-electron chi connectivity index (χ0n) is 6.08. The maximum Gasteiger partial charge on any atom is 0.226 e. The fourth-order valence-electron chi connectivity index (χ4n) is 1.11. The minimum atomic E-state index is -0.543. The van der Waals surface area contributed by atoms with E-state index in [9.17, 15) is 4.79 Å². The van der Waals surface area contributed by atoms with Crippen LogP contribution in [0.3, 0.4) is 0 Å². The van der Waals surface area contributed by atoms with Gasteiger partial charge in [0.05, 0.1) is 10.2 Å². The van der Waals surface area contributed by atoms with Crippen molar-refractivity contribution in [3.63, 3.8) is 0 Å². The molecule has 1 unspecified atom stereocenters. The first-order valence-corrected chi connectivity index (χ1v) is 4.27. The molecule has 0 radical (unpaired) electrons. The summed E-state index contributed by atoms with van der Waals surface area (Å²) >= 11 is 3.32. The maximum atomic E-state index is 10.4. The van der Waals surface area contributed by atoms with Crippen LogP contribution in [0, 0.1) is 0 Å². The van der Waals surface area contributed by atoms with Crippen molar-refractivity contribution >= 4 is 27.9 Å². The van der Waals surface area contributed by atoms with Gasteiger partial charge in [-0.1, -0.05) is 6.07 Å². The molecule has 1 atom stereocenters. The fourth-order valence-corrected chi connectivity index (χ4v) is 1.57. The minimum Gasteiger partial charge on any atom is -0.460 e.